The third-order valence-electron chi connectivity index (χ3n) is 4.29. The maximum absolute atomic E-state index is 3.73. The van der Waals surface area contributed by atoms with Crippen molar-refractivity contribution in [1.29, 1.82) is 0 Å². The topological polar surface area (TPSA) is 15.3 Å². The molecule has 0 saturated carbocycles. The van der Waals surface area contributed by atoms with Crippen LogP contribution in [0.4, 0.5) is 0 Å². The number of rotatable bonds is 6. The molecule has 3 unspecified atom stereocenters. The number of hydrogen-bond donors (Lipinski definition) is 1. The van der Waals surface area contributed by atoms with E-state index in [2.05, 4.69) is 51.1 Å². The Hall–Kier alpha value is 0.270. The monoisotopic (exact) mass is 272 g/mol. The first-order valence-corrected chi connectivity index (χ1v) is 8.74. The fourth-order valence-corrected chi connectivity index (χ4v) is 3.02. The van der Waals surface area contributed by atoms with Crippen LogP contribution in [0.2, 0.25) is 0 Å². The first-order valence-electron chi connectivity index (χ1n) is 7.45. The zero-order valence-electron chi connectivity index (χ0n) is 13.1. The summed E-state index contributed by atoms with van der Waals surface area (Å²) in [6.07, 6.45) is 3.54. The Morgan fingerprint density at radius 3 is 2.33 bits per heavy atom. The van der Waals surface area contributed by atoms with Crippen LogP contribution in [0.25, 0.3) is 0 Å². The molecule has 0 amide bonds. The van der Waals surface area contributed by atoms with Crippen molar-refractivity contribution in [3.8, 4) is 0 Å². The van der Waals surface area contributed by atoms with Crippen LogP contribution >= 0.6 is 11.8 Å². The van der Waals surface area contributed by atoms with E-state index in [9.17, 15) is 0 Å². The van der Waals surface area contributed by atoms with Crippen LogP contribution in [0.3, 0.4) is 0 Å². The Balaban J connectivity index is 2.55. The van der Waals surface area contributed by atoms with Crippen LogP contribution < -0.4 is 5.32 Å². The van der Waals surface area contributed by atoms with Gasteiger partial charge in [-0.3, -0.25) is 4.90 Å². The van der Waals surface area contributed by atoms with E-state index in [1.807, 2.05) is 11.8 Å². The second kappa shape index (κ2) is 7.76. The van der Waals surface area contributed by atoms with E-state index in [-0.39, 0.29) is 0 Å². The van der Waals surface area contributed by atoms with Crippen molar-refractivity contribution in [1.82, 2.24) is 10.2 Å². The fraction of sp³-hybridized carbons (Fsp3) is 1.00. The molecule has 0 spiro atoms. The van der Waals surface area contributed by atoms with Crippen LogP contribution in [0.15, 0.2) is 0 Å². The normalized spacial score (nSPS) is 28.0. The Bertz CT molecular complexity index is 231. The van der Waals surface area contributed by atoms with Gasteiger partial charge in [0.2, 0.25) is 0 Å². The smallest absolute Gasteiger partial charge is 0.0244 e. The first kappa shape index (κ1) is 16.3. The number of thioether (sulfide) groups is 1. The molecular formula is C15H32N2S. The molecule has 0 aromatic carbocycles. The second-order valence-corrected chi connectivity index (χ2v) is 7.68. The summed E-state index contributed by atoms with van der Waals surface area (Å²) in [5, 5.41) is 4.52. The van der Waals surface area contributed by atoms with Gasteiger partial charge in [-0.05, 0) is 31.1 Å². The van der Waals surface area contributed by atoms with Crippen LogP contribution in [0, 0.1) is 11.8 Å². The standard InChI is InChI=1S/C15H32N2S/c1-11(2)14-10-17(8-7-13(5)18-6)15(9-16-14)12(3)4/h11-16H,7-10H2,1-6H3. The summed E-state index contributed by atoms with van der Waals surface area (Å²) in [6, 6.07) is 1.39. The molecule has 1 aliphatic heterocycles. The Morgan fingerprint density at radius 2 is 1.83 bits per heavy atom. The largest absolute Gasteiger partial charge is 0.311 e. The van der Waals surface area contributed by atoms with Crippen molar-refractivity contribution < 1.29 is 0 Å². The highest BCUT2D eigenvalue weighted by atomic mass is 32.2. The Morgan fingerprint density at radius 1 is 1.17 bits per heavy atom. The Kier molecular flexibility index (Phi) is 7.04. The molecule has 1 N–H and O–H groups in total. The number of hydrogen-bond acceptors (Lipinski definition) is 3. The first-order chi connectivity index (χ1) is 8.45. The molecule has 1 fully saturated rings. The van der Waals surface area contributed by atoms with Crippen molar-refractivity contribution in [2.75, 3.05) is 25.9 Å². The van der Waals surface area contributed by atoms with E-state index >= 15 is 0 Å². The fourth-order valence-electron chi connectivity index (χ4n) is 2.68. The molecule has 2 nitrogen and oxygen atoms in total. The van der Waals surface area contributed by atoms with Crippen LogP contribution in [0.1, 0.15) is 41.0 Å². The van der Waals surface area contributed by atoms with Gasteiger partial charge in [-0.1, -0.05) is 34.6 Å². The van der Waals surface area contributed by atoms with Gasteiger partial charge in [0, 0.05) is 30.4 Å². The molecule has 0 aromatic heterocycles. The highest BCUT2D eigenvalue weighted by Gasteiger charge is 2.30. The predicted molar refractivity (Wildman–Crippen MR) is 84.4 cm³/mol. The third kappa shape index (κ3) is 4.75. The quantitative estimate of drug-likeness (QED) is 0.800. The SMILES string of the molecule is CSC(C)CCN1CC(C(C)C)NCC1C(C)C. The molecule has 1 saturated heterocycles. The van der Waals surface area contributed by atoms with Gasteiger partial charge in [0.1, 0.15) is 0 Å². The highest BCUT2D eigenvalue weighted by Crippen LogP contribution is 2.20. The molecular weight excluding hydrogens is 240 g/mol. The van der Waals surface area contributed by atoms with E-state index in [1.54, 1.807) is 0 Å². The molecule has 0 radical (unpaired) electrons. The molecule has 3 atom stereocenters. The summed E-state index contributed by atoms with van der Waals surface area (Å²) >= 11 is 1.99. The predicted octanol–water partition coefficient (Wildman–Crippen LogP) is 3.08. The van der Waals surface area contributed by atoms with Crippen molar-refractivity contribution in [3.05, 3.63) is 0 Å². The van der Waals surface area contributed by atoms with E-state index in [4.69, 9.17) is 0 Å². The van der Waals surface area contributed by atoms with Crippen LogP contribution in [-0.4, -0.2) is 48.1 Å². The summed E-state index contributed by atoms with van der Waals surface area (Å²) in [7, 11) is 0. The second-order valence-electron chi connectivity index (χ2n) is 6.40. The molecule has 1 aliphatic rings. The minimum absolute atomic E-state index is 0.671. The lowest BCUT2D eigenvalue weighted by molar-refractivity contribution is 0.0843. The lowest BCUT2D eigenvalue weighted by atomic mass is 9.94. The van der Waals surface area contributed by atoms with Gasteiger partial charge in [0.05, 0.1) is 0 Å². The maximum atomic E-state index is 3.73. The van der Waals surface area contributed by atoms with Gasteiger partial charge < -0.3 is 5.32 Å². The van der Waals surface area contributed by atoms with Gasteiger partial charge >= 0.3 is 0 Å². The zero-order chi connectivity index (χ0) is 13.7. The minimum atomic E-state index is 0.671. The van der Waals surface area contributed by atoms with Gasteiger partial charge in [-0.25, -0.2) is 0 Å². The number of nitrogens with zero attached hydrogens (tertiary/aromatic N) is 1. The molecule has 1 heterocycles. The average molecular weight is 273 g/mol. The lowest BCUT2D eigenvalue weighted by Crippen LogP contribution is -2.59. The Labute approximate surface area is 118 Å². The summed E-state index contributed by atoms with van der Waals surface area (Å²) < 4.78 is 0. The molecule has 0 aliphatic carbocycles. The van der Waals surface area contributed by atoms with Crippen LogP contribution in [0.5, 0.6) is 0 Å². The van der Waals surface area contributed by atoms with Crippen molar-refractivity contribution >= 4 is 11.8 Å². The summed E-state index contributed by atoms with van der Waals surface area (Å²) in [5.74, 6) is 1.48. The summed E-state index contributed by atoms with van der Waals surface area (Å²) in [4.78, 5) is 2.73. The van der Waals surface area contributed by atoms with Crippen molar-refractivity contribution in [2.45, 2.75) is 58.4 Å². The van der Waals surface area contributed by atoms with E-state index in [0.717, 1.165) is 23.6 Å². The van der Waals surface area contributed by atoms with Crippen LogP contribution in [-0.2, 0) is 0 Å². The zero-order valence-corrected chi connectivity index (χ0v) is 13.9. The summed E-state index contributed by atoms with van der Waals surface area (Å²) in [5.41, 5.74) is 0. The highest BCUT2D eigenvalue weighted by molar-refractivity contribution is 7.99. The van der Waals surface area contributed by atoms with E-state index in [1.165, 1.54) is 19.5 Å². The maximum Gasteiger partial charge on any atom is 0.0244 e. The number of nitrogens with one attached hydrogen (secondary N) is 1. The van der Waals surface area contributed by atoms with Crippen molar-refractivity contribution in [3.63, 3.8) is 0 Å². The average Bonchev–Trinajstić information content (AvgIpc) is 2.35. The van der Waals surface area contributed by atoms with Gasteiger partial charge in [-0.15, -0.1) is 0 Å². The molecule has 0 bridgehead atoms. The van der Waals surface area contributed by atoms with Crippen molar-refractivity contribution in [2.24, 2.45) is 11.8 Å². The summed E-state index contributed by atoms with van der Waals surface area (Å²) in [6.45, 7) is 15.4. The van der Waals surface area contributed by atoms with E-state index < -0.39 is 0 Å². The van der Waals surface area contributed by atoms with Gasteiger partial charge in [0.25, 0.3) is 0 Å². The lowest BCUT2D eigenvalue weighted by Gasteiger charge is -2.44. The van der Waals surface area contributed by atoms with E-state index in [0.29, 0.717) is 12.1 Å². The molecule has 18 heavy (non-hydrogen) atoms. The van der Waals surface area contributed by atoms with Gasteiger partial charge in [0.15, 0.2) is 0 Å². The minimum Gasteiger partial charge on any atom is -0.311 e. The third-order valence-corrected chi connectivity index (χ3v) is 5.33. The molecule has 108 valence electrons. The molecule has 1 rings (SSSR count). The number of piperazine rings is 1. The molecule has 3 heteroatoms. The molecule has 0 aromatic rings. The van der Waals surface area contributed by atoms with Gasteiger partial charge in [-0.2, -0.15) is 11.8 Å².